The lowest BCUT2D eigenvalue weighted by atomic mass is 10.2. The number of nitrogens with one attached hydrogen (secondary N) is 2. The molecule has 0 aliphatic rings. The van der Waals surface area contributed by atoms with Crippen LogP contribution in [0, 0.1) is 17.1 Å². The third-order valence-electron chi connectivity index (χ3n) is 3.87. The number of amides is 2. The Hall–Kier alpha value is -4.06. The predicted octanol–water partition coefficient (Wildman–Crippen LogP) is 6.15. The van der Waals surface area contributed by atoms with Crippen LogP contribution in [0.25, 0.3) is 0 Å². The third-order valence-corrected chi connectivity index (χ3v) is 3.87. The molecule has 152 valence electrons. The minimum Gasteiger partial charge on any atom is -0.457 e. The van der Waals surface area contributed by atoms with Crippen LogP contribution in [-0.2, 0) is 6.18 Å². The average molecular weight is 415 g/mol. The fraction of sp³-hybridized carbons (Fsp3) is 0.0476. The summed E-state index contributed by atoms with van der Waals surface area (Å²) >= 11 is 0. The SMILES string of the molecule is N#Cc1ccc(Oc2ccc(NC(=O)Nc3cc(C(F)(F)F)ccc3F)cc2)cc1. The summed E-state index contributed by atoms with van der Waals surface area (Å²) in [7, 11) is 0. The van der Waals surface area contributed by atoms with E-state index >= 15 is 0 Å². The Kier molecular flexibility index (Phi) is 5.88. The topological polar surface area (TPSA) is 74.1 Å². The van der Waals surface area contributed by atoms with Gasteiger partial charge in [0.15, 0.2) is 0 Å². The standard InChI is InChI=1S/C21H13F4N3O2/c22-18-10-3-14(21(23,24)25)11-19(18)28-20(29)27-15-4-8-17(9-5-15)30-16-6-1-13(12-26)2-7-16/h1-11H,(H2,27,28,29). The predicted molar refractivity (Wildman–Crippen MR) is 102 cm³/mol. The average Bonchev–Trinajstić information content (AvgIpc) is 2.71. The maximum absolute atomic E-state index is 13.7. The highest BCUT2D eigenvalue weighted by Crippen LogP contribution is 2.32. The molecule has 2 amide bonds. The van der Waals surface area contributed by atoms with Crippen molar-refractivity contribution in [2.24, 2.45) is 0 Å². The summed E-state index contributed by atoms with van der Waals surface area (Å²) in [4.78, 5) is 12.0. The van der Waals surface area contributed by atoms with Crippen molar-refractivity contribution in [3.05, 3.63) is 83.7 Å². The van der Waals surface area contributed by atoms with E-state index in [-0.39, 0.29) is 0 Å². The van der Waals surface area contributed by atoms with Crippen molar-refractivity contribution in [2.75, 3.05) is 10.6 Å². The van der Waals surface area contributed by atoms with Gasteiger partial charge >= 0.3 is 12.2 Å². The summed E-state index contributed by atoms with van der Waals surface area (Å²) < 4.78 is 57.5. The Balaban J connectivity index is 1.63. The number of ether oxygens (including phenoxy) is 1. The molecule has 0 aliphatic carbocycles. The van der Waals surface area contributed by atoms with Gasteiger partial charge in [0.1, 0.15) is 17.3 Å². The van der Waals surface area contributed by atoms with Crippen molar-refractivity contribution in [1.29, 1.82) is 5.26 Å². The van der Waals surface area contributed by atoms with E-state index in [1.165, 1.54) is 12.1 Å². The Labute approximate surface area is 168 Å². The number of nitrogens with zero attached hydrogens (tertiary/aromatic N) is 1. The van der Waals surface area contributed by atoms with Crippen molar-refractivity contribution in [2.45, 2.75) is 6.18 Å². The number of rotatable bonds is 4. The van der Waals surface area contributed by atoms with E-state index in [2.05, 4.69) is 10.6 Å². The summed E-state index contributed by atoms with van der Waals surface area (Å²) in [5.41, 5.74) is -0.872. The lowest BCUT2D eigenvalue weighted by Crippen LogP contribution is -2.20. The molecule has 0 atom stereocenters. The molecule has 2 N–H and O–H groups in total. The number of carbonyl (C=O) groups is 1. The highest BCUT2D eigenvalue weighted by atomic mass is 19.4. The molecule has 3 rings (SSSR count). The van der Waals surface area contributed by atoms with E-state index < -0.39 is 29.3 Å². The number of urea groups is 1. The van der Waals surface area contributed by atoms with Crippen LogP contribution in [0.3, 0.4) is 0 Å². The molecule has 3 aromatic rings. The third kappa shape index (κ3) is 5.26. The van der Waals surface area contributed by atoms with Crippen LogP contribution in [-0.4, -0.2) is 6.03 Å². The highest BCUT2D eigenvalue weighted by molar-refractivity contribution is 5.99. The minimum atomic E-state index is -4.66. The molecule has 0 radical (unpaired) electrons. The largest absolute Gasteiger partial charge is 0.457 e. The first-order valence-corrected chi connectivity index (χ1v) is 8.47. The van der Waals surface area contributed by atoms with Gasteiger partial charge in [0, 0.05) is 5.69 Å². The molecule has 0 heterocycles. The zero-order valence-electron chi connectivity index (χ0n) is 15.1. The molecule has 0 saturated carbocycles. The van der Waals surface area contributed by atoms with Gasteiger partial charge in [-0.15, -0.1) is 0 Å². The normalized spacial score (nSPS) is 10.8. The number of alkyl halides is 3. The summed E-state index contributed by atoms with van der Waals surface area (Å²) in [6, 6.07) is 15.4. The molecule has 0 saturated heterocycles. The van der Waals surface area contributed by atoms with E-state index in [0.29, 0.717) is 40.9 Å². The number of anilines is 2. The molecule has 0 unspecified atom stereocenters. The van der Waals surface area contributed by atoms with E-state index in [0.717, 1.165) is 0 Å². The second-order valence-corrected chi connectivity index (χ2v) is 6.03. The molecule has 0 fully saturated rings. The van der Waals surface area contributed by atoms with E-state index in [1.54, 1.807) is 36.4 Å². The first kappa shape index (κ1) is 20.7. The molecule has 0 spiro atoms. The zero-order chi connectivity index (χ0) is 21.7. The quantitative estimate of drug-likeness (QED) is 0.502. The smallest absolute Gasteiger partial charge is 0.416 e. The van der Waals surface area contributed by atoms with Gasteiger partial charge in [-0.05, 0) is 66.7 Å². The monoisotopic (exact) mass is 415 g/mol. The van der Waals surface area contributed by atoms with Gasteiger partial charge in [0.05, 0.1) is 22.9 Å². The molecular weight excluding hydrogens is 402 g/mol. The van der Waals surface area contributed by atoms with Crippen LogP contribution < -0.4 is 15.4 Å². The molecule has 5 nitrogen and oxygen atoms in total. The van der Waals surface area contributed by atoms with Gasteiger partial charge in [-0.25, -0.2) is 9.18 Å². The summed E-state index contributed by atoms with van der Waals surface area (Å²) in [6.45, 7) is 0. The van der Waals surface area contributed by atoms with Gasteiger partial charge in [-0.3, -0.25) is 0 Å². The second kappa shape index (κ2) is 8.53. The molecule has 0 aromatic heterocycles. The molecule has 3 aromatic carbocycles. The molecule has 0 aliphatic heterocycles. The summed E-state index contributed by atoms with van der Waals surface area (Å²) in [5.74, 6) is -0.0358. The van der Waals surface area contributed by atoms with Gasteiger partial charge in [-0.1, -0.05) is 0 Å². The molecule has 9 heteroatoms. The zero-order valence-corrected chi connectivity index (χ0v) is 15.1. The number of hydrogen-bond acceptors (Lipinski definition) is 3. The van der Waals surface area contributed by atoms with Crippen molar-refractivity contribution < 1.29 is 27.1 Å². The van der Waals surface area contributed by atoms with Gasteiger partial charge in [-0.2, -0.15) is 18.4 Å². The first-order valence-electron chi connectivity index (χ1n) is 8.47. The number of nitriles is 1. The number of carbonyl (C=O) groups excluding carboxylic acids is 1. The fourth-order valence-electron chi connectivity index (χ4n) is 2.42. The number of hydrogen-bond donors (Lipinski definition) is 2. The molecule has 0 bridgehead atoms. The second-order valence-electron chi connectivity index (χ2n) is 6.03. The van der Waals surface area contributed by atoms with Crippen LogP contribution in [0.2, 0.25) is 0 Å². The molecular formula is C21H13F4N3O2. The van der Waals surface area contributed by atoms with Crippen LogP contribution >= 0.6 is 0 Å². The summed E-state index contributed by atoms with van der Waals surface area (Å²) in [6.07, 6.45) is -4.66. The van der Waals surface area contributed by atoms with Crippen LogP contribution in [0.1, 0.15) is 11.1 Å². The Bertz CT molecular complexity index is 1090. The van der Waals surface area contributed by atoms with Gasteiger partial charge in [0.2, 0.25) is 0 Å². The van der Waals surface area contributed by atoms with Crippen LogP contribution in [0.4, 0.5) is 33.7 Å². The maximum atomic E-state index is 13.7. The van der Waals surface area contributed by atoms with E-state index in [1.807, 2.05) is 6.07 Å². The first-order chi connectivity index (χ1) is 14.2. The van der Waals surface area contributed by atoms with E-state index in [4.69, 9.17) is 10.00 Å². The maximum Gasteiger partial charge on any atom is 0.416 e. The summed E-state index contributed by atoms with van der Waals surface area (Å²) in [5, 5.41) is 13.2. The van der Waals surface area contributed by atoms with Gasteiger partial charge in [0.25, 0.3) is 0 Å². The van der Waals surface area contributed by atoms with Crippen molar-refractivity contribution in [1.82, 2.24) is 0 Å². The van der Waals surface area contributed by atoms with Crippen molar-refractivity contribution >= 4 is 17.4 Å². The Morgan fingerprint density at radius 3 is 2.07 bits per heavy atom. The lowest BCUT2D eigenvalue weighted by Gasteiger charge is -2.12. The molecule has 30 heavy (non-hydrogen) atoms. The number of benzene rings is 3. The fourth-order valence-corrected chi connectivity index (χ4v) is 2.42. The van der Waals surface area contributed by atoms with E-state index in [9.17, 15) is 22.4 Å². The lowest BCUT2D eigenvalue weighted by molar-refractivity contribution is -0.137. The Morgan fingerprint density at radius 1 is 0.900 bits per heavy atom. The highest BCUT2D eigenvalue weighted by Gasteiger charge is 2.31. The van der Waals surface area contributed by atoms with Crippen LogP contribution in [0.5, 0.6) is 11.5 Å². The number of halogens is 4. The van der Waals surface area contributed by atoms with Gasteiger partial charge < -0.3 is 15.4 Å². The Morgan fingerprint density at radius 2 is 1.50 bits per heavy atom. The van der Waals surface area contributed by atoms with Crippen molar-refractivity contribution in [3.63, 3.8) is 0 Å². The van der Waals surface area contributed by atoms with Crippen LogP contribution in [0.15, 0.2) is 66.7 Å². The minimum absolute atomic E-state index is 0.312. The van der Waals surface area contributed by atoms with Crippen molar-refractivity contribution in [3.8, 4) is 17.6 Å².